The summed E-state index contributed by atoms with van der Waals surface area (Å²) in [5.41, 5.74) is 2.37. The molecular formula is C22H22N4O2S. The van der Waals surface area contributed by atoms with Crippen molar-refractivity contribution in [2.75, 3.05) is 6.54 Å². The van der Waals surface area contributed by atoms with Gasteiger partial charge in [-0.1, -0.05) is 6.07 Å². The predicted molar refractivity (Wildman–Crippen MR) is 111 cm³/mol. The van der Waals surface area contributed by atoms with Crippen LogP contribution in [-0.4, -0.2) is 44.4 Å². The number of fused-ring (bicyclic) bond motifs is 3. The van der Waals surface area contributed by atoms with Crippen molar-refractivity contribution in [2.45, 2.75) is 38.3 Å². The van der Waals surface area contributed by atoms with Crippen molar-refractivity contribution in [1.29, 1.82) is 0 Å². The van der Waals surface area contributed by atoms with Crippen LogP contribution in [0.25, 0.3) is 10.7 Å². The second-order valence-electron chi connectivity index (χ2n) is 7.77. The summed E-state index contributed by atoms with van der Waals surface area (Å²) in [5.74, 6) is 1.10. The summed E-state index contributed by atoms with van der Waals surface area (Å²) in [6, 6.07) is 7.64. The second-order valence-corrected chi connectivity index (χ2v) is 8.67. The van der Waals surface area contributed by atoms with Gasteiger partial charge in [-0.25, -0.2) is 9.97 Å². The van der Waals surface area contributed by atoms with E-state index in [1.807, 2.05) is 47.7 Å². The maximum Gasteiger partial charge on any atom is 0.256 e. The number of carbonyl (C=O) groups excluding carboxylic acids is 1. The van der Waals surface area contributed by atoms with Crippen LogP contribution in [0.4, 0.5) is 0 Å². The predicted octanol–water partition coefficient (Wildman–Crippen LogP) is 3.98. The van der Waals surface area contributed by atoms with E-state index in [-0.39, 0.29) is 18.1 Å². The summed E-state index contributed by atoms with van der Waals surface area (Å²) in [4.78, 5) is 28.7. The molecule has 2 saturated heterocycles. The largest absolute Gasteiger partial charge is 0.472 e. The van der Waals surface area contributed by atoms with Crippen LogP contribution in [0.5, 0.6) is 5.88 Å². The van der Waals surface area contributed by atoms with Gasteiger partial charge in [0.15, 0.2) is 0 Å². The molecule has 148 valence electrons. The number of hydrogen-bond donors (Lipinski definition) is 0. The average molecular weight is 407 g/mol. The topological polar surface area (TPSA) is 68.2 Å². The maximum atomic E-state index is 13.5. The lowest BCUT2D eigenvalue weighted by molar-refractivity contribution is -0.0313. The van der Waals surface area contributed by atoms with Gasteiger partial charge >= 0.3 is 0 Å². The van der Waals surface area contributed by atoms with Crippen LogP contribution in [-0.2, 0) is 0 Å². The number of pyridine rings is 2. The molecule has 2 aliphatic heterocycles. The third-order valence-corrected chi connectivity index (χ3v) is 6.59. The second kappa shape index (κ2) is 7.55. The quantitative estimate of drug-likeness (QED) is 0.656. The fraction of sp³-hybridized carbons (Fsp3) is 0.364. The van der Waals surface area contributed by atoms with E-state index >= 15 is 0 Å². The lowest BCUT2D eigenvalue weighted by Crippen LogP contribution is -2.59. The summed E-state index contributed by atoms with van der Waals surface area (Å²) in [5, 5.41) is 2.67. The molecular weight excluding hydrogens is 384 g/mol. The Morgan fingerprint density at radius 3 is 2.86 bits per heavy atom. The molecule has 1 saturated carbocycles. The smallest absolute Gasteiger partial charge is 0.256 e. The van der Waals surface area contributed by atoms with Gasteiger partial charge in [0.05, 0.1) is 11.6 Å². The molecule has 0 spiro atoms. The molecule has 0 radical (unpaired) electrons. The van der Waals surface area contributed by atoms with Crippen molar-refractivity contribution in [3.05, 3.63) is 59.4 Å². The van der Waals surface area contributed by atoms with Crippen molar-refractivity contribution in [2.24, 2.45) is 5.92 Å². The summed E-state index contributed by atoms with van der Waals surface area (Å²) in [6.07, 6.45) is 8.31. The number of carbonyl (C=O) groups is 1. The maximum absolute atomic E-state index is 13.5. The molecule has 29 heavy (non-hydrogen) atoms. The first-order valence-corrected chi connectivity index (χ1v) is 10.8. The Balaban J connectivity index is 1.41. The summed E-state index contributed by atoms with van der Waals surface area (Å²) in [6.45, 7) is 2.78. The lowest BCUT2D eigenvalue weighted by atomic mass is 9.77. The molecule has 5 heterocycles. The van der Waals surface area contributed by atoms with Gasteiger partial charge in [0, 0.05) is 36.6 Å². The number of rotatable bonds is 4. The highest BCUT2D eigenvalue weighted by Crippen LogP contribution is 2.38. The van der Waals surface area contributed by atoms with E-state index in [0.717, 1.165) is 36.4 Å². The highest BCUT2D eigenvalue weighted by atomic mass is 32.1. The summed E-state index contributed by atoms with van der Waals surface area (Å²) in [7, 11) is 0. The Morgan fingerprint density at radius 1 is 1.17 bits per heavy atom. The number of aryl methyl sites for hydroxylation is 1. The van der Waals surface area contributed by atoms with Crippen molar-refractivity contribution in [3.63, 3.8) is 0 Å². The number of aromatic nitrogens is 3. The van der Waals surface area contributed by atoms with Crippen LogP contribution in [0.15, 0.2) is 48.2 Å². The lowest BCUT2D eigenvalue weighted by Gasteiger charge is -2.49. The molecule has 0 aromatic carbocycles. The molecule has 2 bridgehead atoms. The molecule has 3 unspecified atom stereocenters. The SMILES string of the molecule is Cc1ccc(OC2CC3CCC2N(C(=O)c2cccnc2-c2nccs2)C3)nc1. The van der Waals surface area contributed by atoms with E-state index in [9.17, 15) is 4.79 Å². The van der Waals surface area contributed by atoms with E-state index in [4.69, 9.17) is 4.74 Å². The number of hydrogen-bond acceptors (Lipinski definition) is 6. The van der Waals surface area contributed by atoms with E-state index in [1.54, 1.807) is 12.4 Å². The molecule has 6 rings (SSSR count). The van der Waals surface area contributed by atoms with Crippen LogP contribution in [0.1, 0.15) is 35.2 Å². The van der Waals surface area contributed by atoms with Gasteiger partial charge in [0.2, 0.25) is 5.88 Å². The number of piperidine rings is 2. The van der Waals surface area contributed by atoms with E-state index in [0.29, 0.717) is 23.1 Å². The zero-order valence-corrected chi connectivity index (χ0v) is 17.0. The van der Waals surface area contributed by atoms with Gasteiger partial charge < -0.3 is 9.64 Å². The molecule has 0 N–H and O–H groups in total. The first-order valence-electron chi connectivity index (χ1n) is 9.94. The first-order chi connectivity index (χ1) is 14.2. The standard InChI is InChI=1S/C22H22N4O2S/c1-14-4-7-19(25-12-14)28-18-11-15-5-6-17(18)26(13-15)22(27)16-3-2-8-23-20(16)21-24-9-10-29-21/h2-4,7-10,12,15,17-18H,5-6,11,13H2,1H3. The molecule has 1 amide bonds. The summed E-state index contributed by atoms with van der Waals surface area (Å²) < 4.78 is 6.23. The van der Waals surface area contributed by atoms with E-state index < -0.39 is 0 Å². The van der Waals surface area contributed by atoms with Gasteiger partial charge in [-0.2, -0.15) is 0 Å². The van der Waals surface area contributed by atoms with Gasteiger partial charge in [-0.05, 0) is 49.8 Å². The molecule has 3 atom stereocenters. The molecule has 6 nitrogen and oxygen atoms in total. The number of amides is 1. The molecule has 7 heteroatoms. The fourth-order valence-corrected chi connectivity index (χ4v) is 5.06. The number of thiazole rings is 1. The Morgan fingerprint density at radius 2 is 2.10 bits per heavy atom. The highest BCUT2D eigenvalue weighted by molar-refractivity contribution is 7.13. The van der Waals surface area contributed by atoms with E-state index in [1.165, 1.54) is 11.3 Å². The average Bonchev–Trinajstić information content (AvgIpc) is 3.30. The molecule has 3 fully saturated rings. The highest BCUT2D eigenvalue weighted by Gasteiger charge is 2.45. The Labute approximate surface area is 173 Å². The molecule has 3 aliphatic rings. The van der Waals surface area contributed by atoms with Gasteiger partial charge in [0.25, 0.3) is 5.91 Å². The van der Waals surface area contributed by atoms with Gasteiger partial charge in [-0.15, -0.1) is 11.3 Å². The zero-order chi connectivity index (χ0) is 19.8. The third-order valence-electron chi connectivity index (χ3n) is 5.81. The minimum atomic E-state index is -0.0263. The molecule has 3 aromatic rings. The van der Waals surface area contributed by atoms with Crippen LogP contribution < -0.4 is 4.74 Å². The zero-order valence-electron chi connectivity index (χ0n) is 16.2. The summed E-state index contributed by atoms with van der Waals surface area (Å²) >= 11 is 1.50. The fourth-order valence-electron chi connectivity index (χ4n) is 4.41. The van der Waals surface area contributed by atoms with Crippen molar-refractivity contribution >= 4 is 17.2 Å². The van der Waals surface area contributed by atoms with Crippen molar-refractivity contribution in [3.8, 4) is 16.6 Å². The van der Waals surface area contributed by atoms with Gasteiger partial charge in [-0.3, -0.25) is 9.78 Å². The first kappa shape index (κ1) is 18.2. The Kier molecular flexibility index (Phi) is 4.75. The minimum absolute atomic E-state index is 0.0168. The van der Waals surface area contributed by atoms with Crippen LogP contribution in [0, 0.1) is 12.8 Å². The third kappa shape index (κ3) is 3.51. The van der Waals surface area contributed by atoms with Crippen LogP contribution in [0.2, 0.25) is 0 Å². The number of ether oxygens (including phenoxy) is 1. The van der Waals surface area contributed by atoms with Crippen LogP contribution >= 0.6 is 11.3 Å². The van der Waals surface area contributed by atoms with Crippen molar-refractivity contribution < 1.29 is 9.53 Å². The molecule has 1 aliphatic carbocycles. The van der Waals surface area contributed by atoms with Gasteiger partial charge in [0.1, 0.15) is 16.8 Å². The Hall–Kier alpha value is -2.80. The minimum Gasteiger partial charge on any atom is -0.472 e. The van der Waals surface area contributed by atoms with Crippen molar-refractivity contribution in [1.82, 2.24) is 19.9 Å². The normalized spacial score (nSPS) is 23.2. The Bertz CT molecular complexity index is 1010. The molecule has 3 aromatic heterocycles. The monoisotopic (exact) mass is 406 g/mol. The van der Waals surface area contributed by atoms with E-state index in [2.05, 4.69) is 15.0 Å². The van der Waals surface area contributed by atoms with Crippen LogP contribution in [0.3, 0.4) is 0 Å². The number of nitrogens with zero attached hydrogens (tertiary/aromatic N) is 4.